The Balaban J connectivity index is 0.000000186. The molecule has 0 heterocycles. The molecule has 8 aromatic rings. The van der Waals surface area contributed by atoms with Crippen LogP contribution in [0, 0.1) is 0 Å². The second-order valence-electron chi connectivity index (χ2n) is 12.5. The Bertz CT molecular complexity index is 2310. The zero-order valence-corrected chi connectivity index (χ0v) is 40.0. The zero-order chi connectivity index (χ0) is 41.4. The van der Waals surface area contributed by atoms with Gasteiger partial charge in [-0.3, -0.25) is 0 Å². The van der Waals surface area contributed by atoms with Gasteiger partial charge in [0, 0.05) is 50.2 Å². The van der Waals surface area contributed by atoms with Crippen LogP contribution in [0.15, 0.2) is 224 Å². The molecule has 0 atom stereocenters. The number of halogens is 4. The quantitative estimate of drug-likeness (QED) is 0.128. The molecular formula is C48H34Br4O4P2S. The fourth-order valence-corrected chi connectivity index (χ4v) is 10.5. The Labute approximate surface area is 384 Å². The maximum Gasteiger partial charge on any atom is 0.335 e. The van der Waals surface area contributed by atoms with Crippen LogP contribution in [0.5, 0.6) is 11.5 Å². The van der Waals surface area contributed by atoms with Crippen LogP contribution in [-0.2, 0) is 11.6 Å². The van der Waals surface area contributed by atoms with E-state index in [2.05, 4.69) is 246 Å². The monoisotopic (exact) mass is 1080 g/mol. The first-order valence-electron chi connectivity index (χ1n) is 18.0. The summed E-state index contributed by atoms with van der Waals surface area (Å²) in [5.41, 5.74) is 4.41. The Morgan fingerprint density at radius 3 is 0.864 bits per heavy atom. The third-order valence-corrected chi connectivity index (χ3v) is 14.4. The Morgan fingerprint density at radius 2 is 0.593 bits per heavy atom. The van der Waals surface area contributed by atoms with Crippen LogP contribution in [0.1, 0.15) is 0 Å². The summed E-state index contributed by atoms with van der Waals surface area (Å²) in [6.07, 6.45) is 0. The predicted molar refractivity (Wildman–Crippen MR) is 263 cm³/mol. The average Bonchev–Trinajstić information content (AvgIpc) is 3.27. The molecule has 0 radical (unpaired) electrons. The van der Waals surface area contributed by atoms with Gasteiger partial charge in [0.25, 0.3) is 0 Å². The van der Waals surface area contributed by atoms with Crippen molar-refractivity contribution >= 4 is 113 Å². The van der Waals surface area contributed by atoms with E-state index in [0.29, 0.717) is 0 Å². The molecule has 0 aliphatic carbocycles. The van der Waals surface area contributed by atoms with E-state index in [1.807, 2.05) is 24.3 Å². The predicted octanol–water partition coefficient (Wildman–Crippen LogP) is 13.9. The van der Waals surface area contributed by atoms with E-state index in [0.717, 1.165) is 51.6 Å². The standard InChI is InChI=1S/2C24H17Br2OP.O2S/c2*25-19-13-11-18(12-14-19)23-16-15-20(26)17-24(23)27-28(21-7-3-1-4-8-21)22-9-5-2-6-10-22;1-3-2/h2*1-17H;. The maximum atomic E-state index is 8.29. The van der Waals surface area contributed by atoms with Crippen molar-refractivity contribution in [1.29, 1.82) is 0 Å². The van der Waals surface area contributed by atoms with Gasteiger partial charge in [-0.1, -0.05) is 209 Å². The molecule has 0 N–H and O–H groups in total. The van der Waals surface area contributed by atoms with Gasteiger partial charge in [0.05, 0.1) is 0 Å². The van der Waals surface area contributed by atoms with Crippen LogP contribution in [0.3, 0.4) is 0 Å². The van der Waals surface area contributed by atoms with Crippen LogP contribution in [-0.4, -0.2) is 8.42 Å². The van der Waals surface area contributed by atoms with Gasteiger partial charge in [-0.15, -0.1) is 0 Å². The highest BCUT2D eigenvalue weighted by atomic mass is 79.9. The van der Waals surface area contributed by atoms with Crippen LogP contribution < -0.4 is 30.3 Å². The average molecular weight is 1090 g/mol. The smallest absolute Gasteiger partial charge is 0.335 e. The molecule has 0 bridgehead atoms. The third-order valence-electron chi connectivity index (χ3n) is 8.54. The van der Waals surface area contributed by atoms with Crippen LogP contribution in [0.2, 0.25) is 0 Å². The van der Waals surface area contributed by atoms with E-state index in [9.17, 15) is 0 Å². The second-order valence-corrected chi connectivity index (χ2v) is 19.9. The summed E-state index contributed by atoms with van der Waals surface area (Å²) < 4.78 is 34.1. The van der Waals surface area contributed by atoms with Crippen LogP contribution in [0.4, 0.5) is 0 Å². The molecule has 8 rings (SSSR count). The largest absolute Gasteiger partial charge is 0.464 e. The summed E-state index contributed by atoms with van der Waals surface area (Å²) in [6, 6.07) is 70.8. The highest BCUT2D eigenvalue weighted by molar-refractivity contribution is 9.11. The van der Waals surface area contributed by atoms with E-state index in [-0.39, 0.29) is 0 Å². The molecule has 294 valence electrons. The van der Waals surface area contributed by atoms with E-state index in [1.54, 1.807) is 0 Å². The lowest BCUT2D eigenvalue weighted by molar-refractivity contribution is 0.629. The first-order chi connectivity index (χ1) is 28.8. The molecule has 8 aromatic carbocycles. The summed E-state index contributed by atoms with van der Waals surface area (Å²) in [5, 5.41) is 4.74. The van der Waals surface area contributed by atoms with Crippen molar-refractivity contribution in [3.8, 4) is 33.8 Å². The van der Waals surface area contributed by atoms with Crippen LogP contribution in [0.25, 0.3) is 22.3 Å². The maximum absolute atomic E-state index is 8.29. The number of hydrogen-bond acceptors (Lipinski definition) is 4. The normalized spacial score (nSPS) is 10.5. The molecule has 4 nitrogen and oxygen atoms in total. The SMILES string of the molecule is Brc1ccc(-c2ccc(Br)cc2OP(c2ccccc2)c2ccccc2)cc1.Brc1ccc(-c2ccc(Br)cc2OP(c2ccccc2)c2ccccc2)cc1.O=S=O. The first kappa shape index (κ1) is 44.5. The molecule has 11 heteroatoms. The molecule has 0 fully saturated rings. The van der Waals surface area contributed by atoms with Gasteiger partial charge < -0.3 is 9.05 Å². The van der Waals surface area contributed by atoms with E-state index < -0.39 is 27.9 Å². The summed E-state index contributed by atoms with van der Waals surface area (Å²) in [4.78, 5) is 0. The van der Waals surface area contributed by atoms with Crippen molar-refractivity contribution < 1.29 is 17.5 Å². The second kappa shape index (κ2) is 23.1. The van der Waals surface area contributed by atoms with Gasteiger partial charge in [0.15, 0.2) is 16.3 Å². The van der Waals surface area contributed by atoms with Gasteiger partial charge in [0.2, 0.25) is 0 Å². The van der Waals surface area contributed by atoms with Gasteiger partial charge in [0.1, 0.15) is 11.5 Å². The molecule has 0 unspecified atom stereocenters. The van der Waals surface area contributed by atoms with E-state index >= 15 is 0 Å². The zero-order valence-electron chi connectivity index (χ0n) is 31.1. The van der Waals surface area contributed by atoms with Crippen molar-refractivity contribution in [3.05, 3.63) is 224 Å². The Kier molecular flexibility index (Phi) is 17.4. The minimum atomic E-state index is -0.982. The topological polar surface area (TPSA) is 52.6 Å². The fourth-order valence-electron chi connectivity index (χ4n) is 5.84. The van der Waals surface area contributed by atoms with E-state index in [4.69, 9.17) is 17.5 Å². The highest BCUT2D eigenvalue weighted by Gasteiger charge is 2.21. The molecule has 0 spiro atoms. The lowest BCUT2D eigenvalue weighted by atomic mass is 10.1. The van der Waals surface area contributed by atoms with Crippen LogP contribution >= 0.6 is 80.0 Å². The summed E-state index contributed by atoms with van der Waals surface area (Å²) in [7, 11) is -1.96. The molecule has 59 heavy (non-hydrogen) atoms. The van der Waals surface area contributed by atoms with E-state index in [1.165, 1.54) is 21.2 Å². The van der Waals surface area contributed by atoms with Gasteiger partial charge >= 0.3 is 11.6 Å². The molecule has 0 aliphatic heterocycles. The van der Waals surface area contributed by atoms with Gasteiger partial charge in [-0.2, -0.15) is 8.42 Å². The summed E-state index contributed by atoms with van der Waals surface area (Å²) in [5.74, 6) is 1.74. The van der Waals surface area contributed by atoms with Crippen molar-refractivity contribution in [2.24, 2.45) is 0 Å². The number of hydrogen-bond donors (Lipinski definition) is 0. The lowest BCUT2D eigenvalue weighted by Crippen LogP contribution is -2.15. The number of rotatable bonds is 10. The molecular weight excluding hydrogens is 1050 g/mol. The Morgan fingerprint density at radius 1 is 0.339 bits per heavy atom. The molecule has 0 saturated heterocycles. The Hall–Kier alpha value is -4.04. The summed E-state index contributed by atoms with van der Waals surface area (Å²) in [6.45, 7) is 0. The van der Waals surface area contributed by atoms with Crippen molar-refractivity contribution in [2.45, 2.75) is 0 Å². The van der Waals surface area contributed by atoms with Crippen molar-refractivity contribution in [3.63, 3.8) is 0 Å². The molecule has 0 amide bonds. The fraction of sp³-hybridized carbons (Fsp3) is 0. The molecule has 0 aromatic heterocycles. The lowest BCUT2D eigenvalue weighted by Gasteiger charge is -2.21. The highest BCUT2D eigenvalue weighted by Crippen LogP contribution is 2.44. The van der Waals surface area contributed by atoms with Crippen molar-refractivity contribution in [1.82, 2.24) is 0 Å². The minimum Gasteiger partial charge on any atom is -0.464 e. The first-order valence-corrected chi connectivity index (χ1v) is 24.4. The third kappa shape index (κ3) is 13.0. The van der Waals surface area contributed by atoms with Gasteiger partial charge in [-0.25, -0.2) is 0 Å². The van der Waals surface area contributed by atoms with Gasteiger partial charge in [-0.05, 0) is 71.8 Å². The van der Waals surface area contributed by atoms with Crippen molar-refractivity contribution in [2.75, 3.05) is 0 Å². The number of benzene rings is 8. The molecule has 0 aliphatic rings. The molecule has 0 saturated carbocycles. The summed E-state index contributed by atoms with van der Waals surface area (Å²) >= 11 is 13.5. The minimum absolute atomic E-state index is 0.750.